The number of carbonyl (C=O) groups is 1. The number of hydrogen-bond donors (Lipinski definition) is 1. The zero-order valence-electron chi connectivity index (χ0n) is 12.6. The number of rotatable bonds is 1. The number of nitrogens with one attached hydrogen (secondary N) is 1. The second-order valence-corrected chi connectivity index (χ2v) is 7.01. The molecule has 3 heterocycles. The quantitative estimate of drug-likeness (QED) is 0.847. The number of alkyl halides is 1. The van der Waals surface area contributed by atoms with Crippen LogP contribution in [0.4, 0.5) is 4.39 Å². The summed E-state index contributed by atoms with van der Waals surface area (Å²) in [5.74, 6) is -0.0622. The predicted molar refractivity (Wildman–Crippen MR) is 75.6 cm³/mol. The summed E-state index contributed by atoms with van der Waals surface area (Å²) in [5, 5.41) is 3.39. The molecule has 0 spiro atoms. The van der Waals surface area contributed by atoms with E-state index in [-0.39, 0.29) is 24.4 Å². The molecule has 1 N–H and O–H groups in total. The van der Waals surface area contributed by atoms with E-state index in [4.69, 9.17) is 0 Å². The van der Waals surface area contributed by atoms with E-state index < -0.39 is 5.67 Å². The van der Waals surface area contributed by atoms with Gasteiger partial charge in [-0.05, 0) is 18.6 Å². The van der Waals surface area contributed by atoms with E-state index in [1.165, 1.54) is 5.56 Å². The Labute approximate surface area is 118 Å². The fourth-order valence-electron chi connectivity index (χ4n) is 3.29. The summed E-state index contributed by atoms with van der Waals surface area (Å²) in [5.41, 5.74) is 1.86. The number of fused-ring (bicyclic) bond motifs is 1. The highest BCUT2D eigenvalue weighted by atomic mass is 19.1. The van der Waals surface area contributed by atoms with Crippen LogP contribution in [0, 0.1) is 0 Å². The SMILES string of the molecule is Cn1c(C(=O)N2CC(C)(F)C2)cc2c1CNCC2(C)C. The van der Waals surface area contributed by atoms with Crippen LogP contribution in [0.25, 0.3) is 0 Å². The highest BCUT2D eigenvalue weighted by Crippen LogP contribution is 2.33. The van der Waals surface area contributed by atoms with E-state index in [1.807, 2.05) is 17.7 Å². The molecule has 4 nitrogen and oxygen atoms in total. The fraction of sp³-hybridized carbons (Fsp3) is 0.667. The molecule has 0 aliphatic carbocycles. The van der Waals surface area contributed by atoms with Gasteiger partial charge in [0.05, 0.1) is 13.1 Å². The van der Waals surface area contributed by atoms with Crippen molar-refractivity contribution in [3.63, 3.8) is 0 Å². The van der Waals surface area contributed by atoms with Gasteiger partial charge in [-0.1, -0.05) is 13.8 Å². The average molecular weight is 279 g/mol. The Kier molecular flexibility index (Phi) is 2.77. The van der Waals surface area contributed by atoms with Gasteiger partial charge in [-0.15, -0.1) is 0 Å². The average Bonchev–Trinajstić information content (AvgIpc) is 2.64. The molecule has 3 rings (SSSR count). The summed E-state index contributed by atoms with van der Waals surface area (Å²) in [6, 6.07) is 1.99. The predicted octanol–water partition coefficient (Wildman–Crippen LogP) is 1.59. The van der Waals surface area contributed by atoms with Crippen molar-refractivity contribution in [3.05, 3.63) is 23.0 Å². The molecule has 1 fully saturated rings. The van der Waals surface area contributed by atoms with Crippen molar-refractivity contribution < 1.29 is 9.18 Å². The van der Waals surface area contributed by atoms with Gasteiger partial charge in [-0.25, -0.2) is 4.39 Å². The number of hydrogen-bond acceptors (Lipinski definition) is 2. The molecule has 0 saturated carbocycles. The first-order valence-corrected chi connectivity index (χ1v) is 7.09. The first-order valence-electron chi connectivity index (χ1n) is 7.09. The molecule has 2 aliphatic heterocycles. The molecule has 2 aliphatic rings. The number of amides is 1. The van der Waals surface area contributed by atoms with Gasteiger partial charge in [0.25, 0.3) is 5.91 Å². The zero-order valence-corrected chi connectivity index (χ0v) is 12.6. The first kappa shape index (κ1) is 13.6. The minimum atomic E-state index is -1.22. The molecule has 20 heavy (non-hydrogen) atoms. The summed E-state index contributed by atoms with van der Waals surface area (Å²) >= 11 is 0. The topological polar surface area (TPSA) is 37.3 Å². The third-order valence-corrected chi connectivity index (χ3v) is 4.49. The summed E-state index contributed by atoms with van der Waals surface area (Å²) in [6.07, 6.45) is 0. The lowest BCUT2D eigenvalue weighted by Gasteiger charge is -2.42. The van der Waals surface area contributed by atoms with E-state index in [2.05, 4.69) is 19.2 Å². The molecular weight excluding hydrogens is 257 g/mol. The van der Waals surface area contributed by atoms with Gasteiger partial charge in [0.2, 0.25) is 0 Å². The van der Waals surface area contributed by atoms with Crippen LogP contribution < -0.4 is 5.32 Å². The van der Waals surface area contributed by atoms with Crippen LogP contribution in [-0.4, -0.2) is 40.7 Å². The van der Waals surface area contributed by atoms with Crippen molar-refractivity contribution in [1.29, 1.82) is 0 Å². The molecule has 1 aromatic heterocycles. The Hall–Kier alpha value is -1.36. The highest BCUT2D eigenvalue weighted by molar-refractivity contribution is 5.94. The Morgan fingerprint density at radius 3 is 2.55 bits per heavy atom. The lowest BCUT2D eigenvalue weighted by Crippen LogP contribution is -2.59. The number of aromatic nitrogens is 1. The second-order valence-electron chi connectivity index (χ2n) is 7.01. The van der Waals surface area contributed by atoms with Crippen molar-refractivity contribution in [3.8, 4) is 0 Å². The fourth-order valence-corrected chi connectivity index (χ4v) is 3.29. The van der Waals surface area contributed by atoms with Gasteiger partial charge in [0.15, 0.2) is 0 Å². The number of nitrogens with zero attached hydrogens (tertiary/aromatic N) is 2. The van der Waals surface area contributed by atoms with Crippen LogP contribution in [0.3, 0.4) is 0 Å². The standard InChI is InChI=1S/C15H22FN3O/c1-14(2)7-17-6-12-10(14)5-11(18(12)4)13(20)19-8-15(3,16)9-19/h5,17H,6-9H2,1-4H3. The van der Waals surface area contributed by atoms with Crippen molar-refractivity contribution in [1.82, 2.24) is 14.8 Å². The number of carbonyl (C=O) groups excluding carboxylic acids is 1. The molecule has 1 saturated heterocycles. The monoisotopic (exact) mass is 279 g/mol. The third-order valence-electron chi connectivity index (χ3n) is 4.49. The van der Waals surface area contributed by atoms with Gasteiger partial charge in [0.1, 0.15) is 11.4 Å². The molecule has 0 unspecified atom stereocenters. The van der Waals surface area contributed by atoms with E-state index >= 15 is 0 Å². The third kappa shape index (κ3) is 1.95. The lowest BCUT2D eigenvalue weighted by atomic mass is 9.82. The van der Waals surface area contributed by atoms with Crippen molar-refractivity contribution in [2.24, 2.45) is 7.05 Å². The van der Waals surface area contributed by atoms with Gasteiger partial charge in [0, 0.05) is 31.2 Å². The molecule has 110 valence electrons. The minimum Gasteiger partial charge on any atom is -0.342 e. The van der Waals surface area contributed by atoms with Crippen molar-refractivity contribution >= 4 is 5.91 Å². The zero-order chi connectivity index (χ0) is 14.7. The molecule has 0 atom stereocenters. The van der Waals surface area contributed by atoms with Crippen molar-refractivity contribution in [2.45, 2.75) is 38.4 Å². The van der Waals surface area contributed by atoms with E-state index in [9.17, 15) is 9.18 Å². The Bertz CT molecular complexity index is 566. The summed E-state index contributed by atoms with van der Waals surface area (Å²) < 4.78 is 15.5. The lowest BCUT2D eigenvalue weighted by molar-refractivity contribution is -0.00847. The largest absolute Gasteiger partial charge is 0.342 e. The maximum absolute atomic E-state index is 13.6. The Balaban J connectivity index is 1.92. The molecule has 0 radical (unpaired) electrons. The maximum atomic E-state index is 13.6. The van der Waals surface area contributed by atoms with Gasteiger partial charge >= 0.3 is 0 Å². The number of halogens is 1. The molecule has 5 heteroatoms. The van der Waals surface area contributed by atoms with E-state index in [1.54, 1.807) is 11.8 Å². The van der Waals surface area contributed by atoms with Gasteiger partial charge in [-0.2, -0.15) is 0 Å². The van der Waals surface area contributed by atoms with Gasteiger partial charge < -0.3 is 14.8 Å². The molecular formula is C15H22FN3O. The summed E-state index contributed by atoms with van der Waals surface area (Å²) in [7, 11) is 1.92. The smallest absolute Gasteiger partial charge is 0.270 e. The molecule has 1 amide bonds. The van der Waals surface area contributed by atoms with E-state index in [0.29, 0.717) is 5.69 Å². The van der Waals surface area contributed by atoms with Crippen LogP contribution in [0.5, 0.6) is 0 Å². The number of likely N-dealkylation sites (tertiary alicyclic amines) is 1. The molecule has 0 bridgehead atoms. The van der Waals surface area contributed by atoms with E-state index in [0.717, 1.165) is 18.8 Å². The second kappa shape index (κ2) is 4.07. The summed E-state index contributed by atoms with van der Waals surface area (Å²) in [6.45, 7) is 7.97. The Morgan fingerprint density at radius 2 is 2.00 bits per heavy atom. The maximum Gasteiger partial charge on any atom is 0.270 e. The minimum absolute atomic E-state index is 0.0213. The molecule has 0 aromatic carbocycles. The van der Waals surface area contributed by atoms with Crippen molar-refractivity contribution in [2.75, 3.05) is 19.6 Å². The van der Waals surface area contributed by atoms with Gasteiger partial charge in [-0.3, -0.25) is 4.79 Å². The Morgan fingerprint density at radius 1 is 1.35 bits per heavy atom. The highest BCUT2D eigenvalue weighted by Gasteiger charge is 2.43. The summed E-state index contributed by atoms with van der Waals surface area (Å²) in [4.78, 5) is 14.1. The van der Waals surface area contributed by atoms with Crippen LogP contribution in [0.15, 0.2) is 6.07 Å². The van der Waals surface area contributed by atoms with Crippen LogP contribution in [0.2, 0.25) is 0 Å². The first-order chi connectivity index (χ1) is 9.21. The normalized spacial score (nSPS) is 23.1. The molecule has 1 aromatic rings. The van der Waals surface area contributed by atoms with Crippen LogP contribution in [-0.2, 0) is 19.0 Å². The van der Waals surface area contributed by atoms with Crippen LogP contribution in [0.1, 0.15) is 42.5 Å². The van der Waals surface area contributed by atoms with Crippen LogP contribution >= 0.6 is 0 Å².